The number of hydrogen-bond acceptors (Lipinski definition) is 3. The number of pyridine rings is 1. The van der Waals surface area contributed by atoms with E-state index in [1.165, 1.54) is 12.8 Å². The van der Waals surface area contributed by atoms with Crippen LogP contribution >= 0.6 is 0 Å². The molecule has 1 saturated carbocycles. The minimum absolute atomic E-state index is 0.145. The molecule has 2 aliphatic rings. The van der Waals surface area contributed by atoms with Gasteiger partial charge in [0.15, 0.2) is 11.6 Å². The van der Waals surface area contributed by atoms with Crippen LogP contribution in [0.15, 0.2) is 12.3 Å². The average Bonchev–Trinajstić information content (AvgIpc) is 3.12. The monoisotopic (exact) mass is 263 g/mol. The molecule has 1 aromatic rings. The van der Waals surface area contributed by atoms with Gasteiger partial charge < -0.3 is 10.2 Å². The third-order valence-electron chi connectivity index (χ3n) is 4.09. The Labute approximate surface area is 114 Å². The van der Waals surface area contributed by atoms with Crippen molar-refractivity contribution in [3.8, 4) is 0 Å². The molecule has 3 nitrogen and oxygen atoms in total. The molecular formula is C15H22FN3. The van der Waals surface area contributed by atoms with Crippen molar-refractivity contribution in [3.05, 3.63) is 23.6 Å². The summed E-state index contributed by atoms with van der Waals surface area (Å²) in [6, 6.07) is 2.39. The van der Waals surface area contributed by atoms with Crippen molar-refractivity contribution in [2.75, 3.05) is 18.0 Å². The molecule has 3 rings (SSSR count). The first-order valence-corrected chi connectivity index (χ1v) is 7.17. The number of nitrogens with one attached hydrogen (secondary N) is 1. The van der Waals surface area contributed by atoms with Crippen LogP contribution in [0.3, 0.4) is 0 Å². The van der Waals surface area contributed by atoms with Crippen LogP contribution in [0.2, 0.25) is 0 Å². The fourth-order valence-corrected chi connectivity index (χ4v) is 2.66. The molecule has 104 valence electrons. The third kappa shape index (κ3) is 2.89. The molecule has 0 unspecified atom stereocenters. The second-order valence-corrected chi connectivity index (χ2v) is 6.60. The minimum atomic E-state index is -0.145. The van der Waals surface area contributed by atoms with E-state index in [1.807, 2.05) is 0 Å². The second kappa shape index (κ2) is 4.75. The highest BCUT2D eigenvalue weighted by atomic mass is 19.1. The first-order valence-electron chi connectivity index (χ1n) is 7.17. The zero-order chi connectivity index (χ0) is 13.5. The van der Waals surface area contributed by atoms with Gasteiger partial charge in [-0.15, -0.1) is 0 Å². The lowest BCUT2D eigenvalue weighted by atomic mass is 9.93. The lowest BCUT2D eigenvalue weighted by Crippen LogP contribution is -2.25. The van der Waals surface area contributed by atoms with Gasteiger partial charge >= 0.3 is 0 Å². The van der Waals surface area contributed by atoms with Crippen molar-refractivity contribution in [2.24, 2.45) is 5.41 Å². The zero-order valence-corrected chi connectivity index (χ0v) is 11.7. The smallest absolute Gasteiger partial charge is 0.170 e. The van der Waals surface area contributed by atoms with E-state index in [1.54, 1.807) is 12.3 Å². The number of rotatable bonds is 4. The normalized spacial score (nSPS) is 21.9. The summed E-state index contributed by atoms with van der Waals surface area (Å²) in [5.41, 5.74) is 0.998. The van der Waals surface area contributed by atoms with E-state index in [-0.39, 0.29) is 11.2 Å². The summed E-state index contributed by atoms with van der Waals surface area (Å²) in [6.07, 6.45) is 5.27. The molecule has 2 fully saturated rings. The van der Waals surface area contributed by atoms with Gasteiger partial charge in [0.2, 0.25) is 0 Å². The lowest BCUT2D eigenvalue weighted by Gasteiger charge is -2.21. The minimum Gasteiger partial charge on any atom is -0.354 e. The molecule has 1 saturated heterocycles. The van der Waals surface area contributed by atoms with E-state index in [0.717, 1.165) is 25.1 Å². The summed E-state index contributed by atoms with van der Waals surface area (Å²) >= 11 is 0. The number of hydrogen-bond donors (Lipinski definition) is 1. The van der Waals surface area contributed by atoms with Gasteiger partial charge in [-0.05, 0) is 30.7 Å². The van der Waals surface area contributed by atoms with Crippen molar-refractivity contribution < 1.29 is 4.39 Å². The van der Waals surface area contributed by atoms with E-state index < -0.39 is 0 Å². The van der Waals surface area contributed by atoms with Gasteiger partial charge in [0.05, 0.1) is 0 Å². The number of halogens is 1. The predicted octanol–water partition coefficient (Wildman–Crippen LogP) is 2.71. The van der Waals surface area contributed by atoms with Gasteiger partial charge in [-0.25, -0.2) is 9.37 Å². The first-order chi connectivity index (χ1) is 9.05. The maximum atomic E-state index is 14.5. The highest BCUT2D eigenvalue weighted by Gasteiger charge is 2.31. The molecule has 2 heterocycles. The third-order valence-corrected chi connectivity index (χ3v) is 4.09. The standard InChI is InChI=1S/C15H22FN3/c1-15(2)6-8-19(10-15)14-13(16)11(5-7-17-14)9-18-12-3-4-12/h5,7,12,18H,3-4,6,8-10H2,1-2H3. The summed E-state index contributed by atoms with van der Waals surface area (Å²) in [6.45, 7) is 6.85. The largest absolute Gasteiger partial charge is 0.354 e. The summed E-state index contributed by atoms with van der Waals surface area (Å²) in [7, 11) is 0. The van der Waals surface area contributed by atoms with E-state index in [0.29, 0.717) is 18.4 Å². The summed E-state index contributed by atoms with van der Waals surface area (Å²) < 4.78 is 14.5. The van der Waals surface area contributed by atoms with Crippen LogP contribution in [0.25, 0.3) is 0 Å². The zero-order valence-electron chi connectivity index (χ0n) is 11.7. The van der Waals surface area contributed by atoms with Crippen molar-refractivity contribution in [1.29, 1.82) is 0 Å². The second-order valence-electron chi connectivity index (χ2n) is 6.60. The quantitative estimate of drug-likeness (QED) is 0.905. The Hall–Kier alpha value is -1.16. The molecule has 1 aliphatic carbocycles. The first kappa shape index (κ1) is 12.9. The molecular weight excluding hydrogens is 241 g/mol. The van der Waals surface area contributed by atoms with Crippen LogP contribution in [0.4, 0.5) is 10.2 Å². The van der Waals surface area contributed by atoms with Crippen LogP contribution in [0.5, 0.6) is 0 Å². The van der Waals surface area contributed by atoms with E-state index in [4.69, 9.17) is 0 Å². The van der Waals surface area contributed by atoms with Crippen molar-refractivity contribution in [3.63, 3.8) is 0 Å². The van der Waals surface area contributed by atoms with Gasteiger partial charge in [-0.2, -0.15) is 0 Å². The van der Waals surface area contributed by atoms with Crippen molar-refractivity contribution >= 4 is 5.82 Å². The van der Waals surface area contributed by atoms with E-state index in [2.05, 4.69) is 29.0 Å². The number of aromatic nitrogens is 1. The molecule has 1 aromatic heterocycles. The Bertz CT molecular complexity index is 468. The van der Waals surface area contributed by atoms with Gasteiger partial charge in [-0.1, -0.05) is 13.8 Å². The molecule has 0 radical (unpaired) electrons. The van der Waals surface area contributed by atoms with Crippen LogP contribution in [-0.4, -0.2) is 24.1 Å². The summed E-state index contributed by atoms with van der Waals surface area (Å²) in [4.78, 5) is 6.33. The topological polar surface area (TPSA) is 28.2 Å². The Morgan fingerprint density at radius 2 is 2.26 bits per heavy atom. The maximum Gasteiger partial charge on any atom is 0.170 e. The molecule has 0 atom stereocenters. The maximum absolute atomic E-state index is 14.5. The fraction of sp³-hybridized carbons (Fsp3) is 0.667. The van der Waals surface area contributed by atoms with Gasteiger partial charge in [0, 0.05) is 37.4 Å². The number of nitrogens with zero attached hydrogens (tertiary/aromatic N) is 2. The highest BCUT2D eigenvalue weighted by Crippen LogP contribution is 2.33. The Balaban J connectivity index is 1.75. The Morgan fingerprint density at radius 1 is 1.47 bits per heavy atom. The molecule has 4 heteroatoms. The number of anilines is 1. The molecule has 19 heavy (non-hydrogen) atoms. The molecule has 0 spiro atoms. The SMILES string of the molecule is CC1(C)CCN(c2nccc(CNC3CC3)c2F)C1. The molecule has 0 amide bonds. The summed E-state index contributed by atoms with van der Waals surface area (Å²) in [5, 5.41) is 3.36. The Kier molecular flexibility index (Phi) is 3.21. The molecule has 0 bridgehead atoms. The summed E-state index contributed by atoms with van der Waals surface area (Å²) in [5.74, 6) is 0.383. The molecule has 1 aliphatic heterocycles. The average molecular weight is 263 g/mol. The lowest BCUT2D eigenvalue weighted by molar-refractivity contribution is 0.418. The van der Waals surface area contributed by atoms with E-state index in [9.17, 15) is 4.39 Å². The van der Waals surface area contributed by atoms with Gasteiger partial charge in [0.25, 0.3) is 0 Å². The van der Waals surface area contributed by atoms with Crippen molar-refractivity contribution in [2.45, 2.75) is 45.7 Å². The fourth-order valence-electron chi connectivity index (χ4n) is 2.66. The van der Waals surface area contributed by atoms with Gasteiger partial charge in [0.1, 0.15) is 0 Å². The van der Waals surface area contributed by atoms with E-state index >= 15 is 0 Å². The van der Waals surface area contributed by atoms with Gasteiger partial charge in [-0.3, -0.25) is 0 Å². The van der Waals surface area contributed by atoms with Crippen LogP contribution in [0.1, 0.15) is 38.7 Å². The highest BCUT2D eigenvalue weighted by molar-refractivity contribution is 5.44. The van der Waals surface area contributed by atoms with Crippen LogP contribution in [-0.2, 0) is 6.54 Å². The van der Waals surface area contributed by atoms with Crippen LogP contribution in [0, 0.1) is 11.2 Å². The van der Waals surface area contributed by atoms with Crippen LogP contribution < -0.4 is 10.2 Å². The molecule has 0 aromatic carbocycles. The molecule has 1 N–H and O–H groups in total. The predicted molar refractivity (Wildman–Crippen MR) is 74.7 cm³/mol. The Morgan fingerprint density at radius 3 is 2.89 bits per heavy atom. The van der Waals surface area contributed by atoms with Crippen molar-refractivity contribution in [1.82, 2.24) is 10.3 Å².